The number of hydrogen-bond acceptors (Lipinski definition) is 1. The normalized spacial score (nSPS) is 18.8. The van der Waals surface area contributed by atoms with E-state index in [2.05, 4.69) is 21.2 Å². The summed E-state index contributed by atoms with van der Waals surface area (Å²) in [5.41, 5.74) is 2.19. The molecule has 0 aliphatic heterocycles. The van der Waals surface area contributed by atoms with Crippen LogP contribution in [0.1, 0.15) is 36.8 Å². The molecule has 2 nitrogen and oxygen atoms in total. The zero-order valence-electron chi connectivity index (χ0n) is 11.2. The molecule has 1 amide bonds. The van der Waals surface area contributed by atoms with Crippen LogP contribution in [0.2, 0.25) is 0 Å². The number of halogens is 3. The van der Waals surface area contributed by atoms with E-state index >= 15 is 0 Å². The van der Waals surface area contributed by atoms with Gasteiger partial charge in [0.15, 0.2) is 0 Å². The monoisotopic (exact) mass is 345 g/mol. The predicted octanol–water partition coefficient (Wildman–Crippen LogP) is 4.02. The van der Waals surface area contributed by atoms with Crippen molar-refractivity contribution in [2.24, 2.45) is 5.92 Å². The van der Waals surface area contributed by atoms with E-state index in [-0.39, 0.29) is 37.5 Å². The second kappa shape index (κ2) is 6.66. The lowest BCUT2D eigenvalue weighted by atomic mass is 9.86. The van der Waals surface area contributed by atoms with E-state index in [1.165, 1.54) is 5.56 Å². The molecule has 2 rings (SSSR count). The van der Waals surface area contributed by atoms with Crippen LogP contribution in [0.3, 0.4) is 0 Å². The fourth-order valence-corrected chi connectivity index (χ4v) is 2.76. The molecule has 0 heterocycles. The zero-order valence-corrected chi connectivity index (χ0v) is 12.8. The van der Waals surface area contributed by atoms with Crippen molar-refractivity contribution >= 4 is 21.8 Å². The molecule has 0 aromatic heterocycles. The Hall–Kier alpha value is -0.970. The maximum Gasteiger partial charge on any atom is 0.248 e. The first-order valence-electron chi connectivity index (χ1n) is 6.79. The van der Waals surface area contributed by atoms with Gasteiger partial charge in [0.05, 0.1) is 0 Å². The van der Waals surface area contributed by atoms with Gasteiger partial charge in [-0.3, -0.25) is 4.79 Å². The summed E-state index contributed by atoms with van der Waals surface area (Å²) < 4.78 is 26.1. The Morgan fingerprint density at radius 2 is 1.75 bits per heavy atom. The van der Waals surface area contributed by atoms with Gasteiger partial charge in [-0.15, -0.1) is 0 Å². The van der Waals surface area contributed by atoms with E-state index in [1.807, 2.05) is 24.3 Å². The Kier molecular flexibility index (Phi) is 5.13. The SMILES string of the molecule is O=C(NCc1ccc(CBr)cc1)C1CCC(F)(F)CC1. The van der Waals surface area contributed by atoms with Crippen molar-refractivity contribution in [1.29, 1.82) is 0 Å². The van der Waals surface area contributed by atoms with Gasteiger partial charge < -0.3 is 5.32 Å². The average molecular weight is 346 g/mol. The fourth-order valence-electron chi connectivity index (χ4n) is 2.38. The third kappa shape index (κ3) is 4.27. The van der Waals surface area contributed by atoms with Crippen molar-refractivity contribution in [3.63, 3.8) is 0 Å². The average Bonchev–Trinajstić information content (AvgIpc) is 2.45. The fraction of sp³-hybridized carbons (Fsp3) is 0.533. The number of nitrogens with one attached hydrogen (secondary N) is 1. The Labute approximate surface area is 126 Å². The summed E-state index contributed by atoms with van der Waals surface area (Å²) in [6, 6.07) is 7.92. The lowest BCUT2D eigenvalue weighted by Crippen LogP contribution is -2.35. The van der Waals surface area contributed by atoms with Gasteiger partial charge in [-0.1, -0.05) is 40.2 Å². The summed E-state index contributed by atoms with van der Waals surface area (Å²) in [4.78, 5) is 11.9. The minimum absolute atomic E-state index is 0.106. The molecule has 0 saturated heterocycles. The molecule has 1 N–H and O–H groups in total. The minimum atomic E-state index is -2.58. The number of amides is 1. The Morgan fingerprint density at radius 3 is 2.30 bits per heavy atom. The number of hydrogen-bond donors (Lipinski definition) is 1. The highest BCUT2D eigenvalue weighted by atomic mass is 79.9. The van der Waals surface area contributed by atoms with E-state index in [0.29, 0.717) is 6.54 Å². The molecule has 0 bridgehead atoms. The first-order valence-corrected chi connectivity index (χ1v) is 7.92. The van der Waals surface area contributed by atoms with Crippen LogP contribution in [-0.2, 0) is 16.7 Å². The number of alkyl halides is 3. The number of carbonyl (C=O) groups excluding carboxylic acids is 1. The molecule has 1 aliphatic rings. The lowest BCUT2D eigenvalue weighted by Gasteiger charge is -2.27. The van der Waals surface area contributed by atoms with Gasteiger partial charge in [0.2, 0.25) is 11.8 Å². The molecule has 0 atom stereocenters. The highest BCUT2D eigenvalue weighted by Crippen LogP contribution is 2.36. The van der Waals surface area contributed by atoms with Crippen molar-refractivity contribution < 1.29 is 13.6 Å². The Balaban J connectivity index is 1.80. The minimum Gasteiger partial charge on any atom is -0.352 e. The van der Waals surface area contributed by atoms with Crippen molar-refractivity contribution in [3.05, 3.63) is 35.4 Å². The Bertz CT molecular complexity index is 451. The van der Waals surface area contributed by atoms with E-state index in [1.54, 1.807) is 0 Å². The topological polar surface area (TPSA) is 29.1 Å². The zero-order chi connectivity index (χ0) is 14.6. The molecule has 1 aromatic rings. The second-order valence-electron chi connectivity index (χ2n) is 5.30. The number of rotatable bonds is 4. The van der Waals surface area contributed by atoms with Crippen LogP contribution < -0.4 is 5.32 Å². The summed E-state index contributed by atoms with van der Waals surface area (Å²) in [5, 5.41) is 3.64. The van der Waals surface area contributed by atoms with Crippen molar-refractivity contribution in [2.75, 3.05) is 0 Å². The Morgan fingerprint density at radius 1 is 1.20 bits per heavy atom. The third-order valence-corrected chi connectivity index (χ3v) is 4.38. The van der Waals surface area contributed by atoms with E-state index < -0.39 is 5.92 Å². The van der Waals surface area contributed by atoms with Gasteiger partial charge in [0.1, 0.15) is 0 Å². The predicted molar refractivity (Wildman–Crippen MR) is 77.8 cm³/mol. The molecule has 1 aromatic carbocycles. The van der Waals surface area contributed by atoms with Gasteiger partial charge in [0, 0.05) is 30.6 Å². The van der Waals surface area contributed by atoms with Gasteiger partial charge >= 0.3 is 0 Å². The van der Waals surface area contributed by atoms with Crippen LogP contribution in [-0.4, -0.2) is 11.8 Å². The molecule has 1 fully saturated rings. The molecule has 0 spiro atoms. The van der Waals surface area contributed by atoms with E-state index in [4.69, 9.17) is 0 Å². The highest BCUT2D eigenvalue weighted by Gasteiger charge is 2.37. The number of carbonyl (C=O) groups is 1. The van der Waals surface area contributed by atoms with Crippen molar-refractivity contribution in [1.82, 2.24) is 5.32 Å². The highest BCUT2D eigenvalue weighted by molar-refractivity contribution is 9.08. The van der Waals surface area contributed by atoms with Crippen molar-refractivity contribution in [2.45, 2.75) is 43.5 Å². The first-order chi connectivity index (χ1) is 9.50. The molecule has 110 valence electrons. The van der Waals surface area contributed by atoms with Crippen LogP contribution in [0, 0.1) is 5.92 Å². The molecular formula is C15H18BrF2NO. The summed E-state index contributed by atoms with van der Waals surface area (Å²) >= 11 is 3.37. The summed E-state index contributed by atoms with van der Waals surface area (Å²) in [7, 11) is 0. The van der Waals surface area contributed by atoms with Crippen LogP contribution in [0.25, 0.3) is 0 Å². The molecule has 0 unspecified atom stereocenters. The van der Waals surface area contributed by atoms with Gasteiger partial charge in [0.25, 0.3) is 0 Å². The maximum atomic E-state index is 13.0. The first kappa shape index (κ1) is 15.4. The largest absolute Gasteiger partial charge is 0.352 e. The number of benzene rings is 1. The third-order valence-electron chi connectivity index (χ3n) is 3.73. The van der Waals surface area contributed by atoms with Crippen LogP contribution in [0.15, 0.2) is 24.3 Å². The molecule has 20 heavy (non-hydrogen) atoms. The van der Waals surface area contributed by atoms with Gasteiger partial charge in [-0.05, 0) is 24.0 Å². The van der Waals surface area contributed by atoms with E-state index in [9.17, 15) is 13.6 Å². The van der Waals surface area contributed by atoms with Gasteiger partial charge in [-0.2, -0.15) is 0 Å². The standard InChI is InChI=1S/C15H18BrF2NO/c16-9-11-1-3-12(4-2-11)10-19-14(20)13-5-7-15(17,18)8-6-13/h1-4,13H,5-10H2,(H,19,20). The molecule has 0 radical (unpaired) electrons. The van der Waals surface area contributed by atoms with Crippen LogP contribution in [0.5, 0.6) is 0 Å². The van der Waals surface area contributed by atoms with E-state index in [0.717, 1.165) is 10.9 Å². The van der Waals surface area contributed by atoms with Crippen LogP contribution >= 0.6 is 15.9 Å². The second-order valence-corrected chi connectivity index (χ2v) is 5.86. The smallest absolute Gasteiger partial charge is 0.248 e. The maximum absolute atomic E-state index is 13.0. The molecule has 1 saturated carbocycles. The quantitative estimate of drug-likeness (QED) is 0.820. The summed E-state index contributed by atoms with van der Waals surface area (Å²) in [5.74, 6) is -2.95. The molecule has 1 aliphatic carbocycles. The van der Waals surface area contributed by atoms with Crippen molar-refractivity contribution in [3.8, 4) is 0 Å². The lowest BCUT2D eigenvalue weighted by molar-refractivity contribution is -0.129. The molecular weight excluding hydrogens is 328 g/mol. The summed E-state index contributed by atoms with van der Waals surface area (Å²) in [6.07, 6.45) is 0.207. The van der Waals surface area contributed by atoms with Gasteiger partial charge in [-0.25, -0.2) is 8.78 Å². The van der Waals surface area contributed by atoms with Crippen LogP contribution in [0.4, 0.5) is 8.78 Å². The summed E-state index contributed by atoms with van der Waals surface area (Å²) in [6.45, 7) is 0.453. The molecule has 5 heteroatoms.